The summed E-state index contributed by atoms with van der Waals surface area (Å²) in [6.45, 7) is 0. The summed E-state index contributed by atoms with van der Waals surface area (Å²) in [6, 6.07) is 19.5. The van der Waals surface area contributed by atoms with E-state index in [1.807, 2.05) is 72.3 Å². The molecule has 1 unspecified atom stereocenters. The second-order valence-corrected chi connectivity index (χ2v) is 5.26. The van der Waals surface area contributed by atoms with E-state index < -0.39 is 6.10 Å². The normalized spacial score (nSPS) is 12.5. The van der Waals surface area contributed by atoms with Crippen molar-refractivity contribution in [2.75, 3.05) is 0 Å². The first-order valence-electron chi connectivity index (χ1n) is 6.50. The zero-order valence-electron chi connectivity index (χ0n) is 11.2. The highest BCUT2D eigenvalue weighted by Crippen LogP contribution is 2.25. The van der Waals surface area contributed by atoms with Crippen molar-refractivity contribution in [3.05, 3.63) is 76.4 Å². The smallest absolute Gasteiger partial charge is 0.119 e. The van der Waals surface area contributed by atoms with E-state index in [1.54, 1.807) is 0 Å². The maximum atomic E-state index is 10.6. The molecule has 0 amide bonds. The third-order valence-corrected chi connectivity index (χ3v) is 3.93. The van der Waals surface area contributed by atoms with Crippen LogP contribution >= 0.6 is 12.2 Å². The van der Waals surface area contributed by atoms with Gasteiger partial charge in [0.05, 0.1) is 5.69 Å². The molecule has 3 rings (SSSR count). The number of fused-ring (bicyclic) bond motifs is 1. The Morgan fingerprint density at radius 1 is 1.00 bits per heavy atom. The van der Waals surface area contributed by atoms with Gasteiger partial charge in [0.1, 0.15) is 6.10 Å². The van der Waals surface area contributed by atoms with Crippen molar-refractivity contribution in [1.29, 1.82) is 0 Å². The molecule has 100 valence electrons. The predicted octanol–water partition coefficient (Wildman–Crippen LogP) is 3.99. The van der Waals surface area contributed by atoms with Crippen molar-refractivity contribution in [3.63, 3.8) is 0 Å². The topological polar surface area (TPSA) is 25.2 Å². The van der Waals surface area contributed by atoms with Gasteiger partial charge >= 0.3 is 0 Å². The minimum Gasteiger partial charge on any atom is -0.382 e. The summed E-state index contributed by atoms with van der Waals surface area (Å²) in [5.41, 5.74) is 2.71. The Morgan fingerprint density at radius 3 is 2.40 bits per heavy atom. The fourth-order valence-corrected chi connectivity index (χ4v) is 2.78. The number of aliphatic hydroxyl groups is 1. The summed E-state index contributed by atoms with van der Waals surface area (Å²) in [4.78, 5) is 0. The van der Waals surface area contributed by atoms with Gasteiger partial charge in [0.2, 0.25) is 0 Å². The van der Waals surface area contributed by atoms with Crippen molar-refractivity contribution in [2.45, 2.75) is 6.10 Å². The molecule has 1 N–H and O–H groups in total. The van der Waals surface area contributed by atoms with Crippen LogP contribution in [-0.4, -0.2) is 9.67 Å². The number of hydrogen-bond acceptors (Lipinski definition) is 2. The van der Waals surface area contributed by atoms with Crippen LogP contribution in [0.4, 0.5) is 0 Å². The standard InChI is InChI=1S/C17H15NOS/c1-18-14-10-6-5-9-13(14)16(20)11-15(18)17(19)12-7-3-2-4-8-12/h2-11,17,19H,1H3. The van der Waals surface area contributed by atoms with Crippen molar-refractivity contribution < 1.29 is 5.11 Å². The number of aromatic nitrogens is 1. The van der Waals surface area contributed by atoms with Gasteiger partial charge in [-0.15, -0.1) is 0 Å². The molecule has 0 saturated carbocycles. The molecule has 20 heavy (non-hydrogen) atoms. The fourth-order valence-electron chi connectivity index (χ4n) is 2.49. The summed E-state index contributed by atoms with van der Waals surface area (Å²) in [6.07, 6.45) is -0.674. The van der Waals surface area contributed by atoms with E-state index in [4.69, 9.17) is 12.2 Å². The van der Waals surface area contributed by atoms with Crippen LogP contribution in [0.2, 0.25) is 0 Å². The van der Waals surface area contributed by atoms with Crippen molar-refractivity contribution in [1.82, 2.24) is 4.57 Å². The van der Waals surface area contributed by atoms with Gasteiger partial charge in [0, 0.05) is 22.5 Å². The van der Waals surface area contributed by atoms with Gasteiger partial charge in [-0.1, -0.05) is 60.7 Å². The molecule has 1 aromatic heterocycles. The summed E-state index contributed by atoms with van der Waals surface area (Å²) < 4.78 is 2.77. The average molecular weight is 281 g/mol. The molecule has 0 saturated heterocycles. The number of pyridine rings is 1. The Morgan fingerprint density at radius 2 is 1.65 bits per heavy atom. The minimum absolute atomic E-state index is 0.674. The van der Waals surface area contributed by atoms with E-state index in [0.29, 0.717) is 0 Å². The highest BCUT2D eigenvalue weighted by atomic mass is 32.1. The highest BCUT2D eigenvalue weighted by molar-refractivity contribution is 7.71. The van der Waals surface area contributed by atoms with Crippen LogP contribution in [0.5, 0.6) is 0 Å². The minimum atomic E-state index is -0.674. The van der Waals surface area contributed by atoms with E-state index in [1.165, 1.54) is 0 Å². The SMILES string of the molecule is Cn1c(C(O)c2ccccc2)cc(=S)c2ccccc21. The van der Waals surface area contributed by atoms with E-state index >= 15 is 0 Å². The zero-order valence-corrected chi connectivity index (χ0v) is 12.0. The number of aryl methyl sites for hydroxylation is 1. The first-order valence-corrected chi connectivity index (χ1v) is 6.91. The van der Waals surface area contributed by atoms with Gasteiger partial charge in [-0.25, -0.2) is 0 Å². The Bertz CT molecular complexity index is 808. The molecule has 2 aromatic carbocycles. The molecule has 0 aliphatic carbocycles. The lowest BCUT2D eigenvalue weighted by Crippen LogP contribution is -2.09. The molecular weight excluding hydrogens is 266 g/mol. The Balaban J connectivity index is 2.23. The average Bonchev–Trinajstić information content (AvgIpc) is 2.51. The Labute approximate surface area is 122 Å². The van der Waals surface area contributed by atoms with Crippen LogP contribution in [-0.2, 0) is 7.05 Å². The lowest BCUT2D eigenvalue weighted by Gasteiger charge is -2.18. The van der Waals surface area contributed by atoms with Crippen molar-refractivity contribution >= 4 is 23.1 Å². The molecule has 0 radical (unpaired) electrons. The molecule has 0 aliphatic heterocycles. The first kappa shape index (κ1) is 13.0. The van der Waals surface area contributed by atoms with Crippen LogP contribution in [0.1, 0.15) is 17.4 Å². The van der Waals surface area contributed by atoms with Gasteiger partial charge in [0.25, 0.3) is 0 Å². The van der Waals surface area contributed by atoms with Crippen LogP contribution < -0.4 is 0 Å². The molecule has 2 nitrogen and oxygen atoms in total. The molecule has 0 spiro atoms. The largest absolute Gasteiger partial charge is 0.382 e. The highest BCUT2D eigenvalue weighted by Gasteiger charge is 2.14. The Hall–Kier alpha value is -1.97. The third kappa shape index (κ3) is 2.15. The van der Waals surface area contributed by atoms with Crippen molar-refractivity contribution in [3.8, 4) is 0 Å². The van der Waals surface area contributed by atoms with E-state index in [9.17, 15) is 5.11 Å². The quantitative estimate of drug-likeness (QED) is 0.719. The number of rotatable bonds is 2. The fraction of sp³-hybridized carbons (Fsp3) is 0.118. The lowest BCUT2D eigenvalue weighted by atomic mass is 10.0. The van der Waals surface area contributed by atoms with Crippen LogP contribution in [0.3, 0.4) is 0 Å². The molecule has 0 bridgehead atoms. The Kier molecular flexibility index (Phi) is 3.38. The first-order chi connectivity index (χ1) is 9.68. The molecule has 0 aliphatic rings. The molecule has 3 heteroatoms. The van der Waals surface area contributed by atoms with Gasteiger partial charge in [0.15, 0.2) is 0 Å². The summed E-state index contributed by atoms with van der Waals surface area (Å²) in [5.74, 6) is 0. The predicted molar refractivity (Wildman–Crippen MR) is 84.3 cm³/mol. The number of nitrogens with zero attached hydrogens (tertiary/aromatic N) is 1. The molecule has 3 aromatic rings. The zero-order chi connectivity index (χ0) is 14.1. The molecular formula is C17H15NOS. The second kappa shape index (κ2) is 5.19. The number of para-hydroxylation sites is 1. The van der Waals surface area contributed by atoms with E-state index in [-0.39, 0.29) is 0 Å². The molecule has 1 atom stereocenters. The van der Waals surface area contributed by atoms with Crippen LogP contribution in [0, 0.1) is 4.51 Å². The molecule has 1 heterocycles. The monoisotopic (exact) mass is 281 g/mol. The maximum Gasteiger partial charge on any atom is 0.119 e. The van der Waals surface area contributed by atoms with Gasteiger partial charge in [-0.2, -0.15) is 0 Å². The van der Waals surface area contributed by atoms with Crippen LogP contribution in [0.25, 0.3) is 10.9 Å². The van der Waals surface area contributed by atoms with E-state index in [0.717, 1.165) is 26.7 Å². The van der Waals surface area contributed by atoms with Gasteiger partial charge < -0.3 is 9.67 Å². The van der Waals surface area contributed by atoms with Gasteiger partial charge in [-0.3, -0.25) is 0 Å². The number of hydrogen-bond donors (Lipinski definition) is 1. The lowest BCUT2D eigenvalue weighted by molar-refractivity contribution is 0.211. The second-order valence-electron chi connectivity index (χ2n) is 4.82. The van der Waals surface area contributed by atoms with E-state index in [2.05, 4.69) is 0 Å². The van der Waals surface area contributed by atoms with Crippen molar-refractivity contribution in [2.24, 2.45) is 7.05 Å². The summed E-state index contributed by atoms with van der Waals surface area (Å²) in [5, 5.41) is 11.6. The summed E-state index contributed by atoms with van der Waals surface area (Å²) >= 11 is 5.45. The van der Waals surface area contributed by atoms with Gasteiger partial charge in [-0.05, 0) is 17.7 Å². The number of aliphatic hydroxyl groups excluding tert-OH is 1. The number of benzene rings is 2. The maximum absolute atomic E-state index is 10.6. The third-order valence-electron chi connectivity index (χ3n) is 3.59. The van der Waals surface area contributed by atoms with Crippen LogP contribution in [0.15, 0.2) is 60.7 Å². The summed E-state index contributed by atoms with van der Waals surface area (Å²) in [7, 11) is 1.96. The molecule has 0 fully saturated rings.